The number of halogens is 1. The van der Waals surface area contributed by atoms with Crippen molar-refractivity contribution < 1.29 is 8.42 Å². The summed E-state index contributed by atoms with van der Waals surface area (Å²) in [6.07, 6.45) is 3.44. The number of aryl methyl sites for hydroxylation is 1. The molecule has 2 heterocycles. The fourth-order valence-corrected chi connectivity index (χ4v) is 3.53. The number of nitrogens with one attached hydrogen (secondary N) is 1. The summed E-state index contributed by atoms with van der Waals surface area (Å²) < 4.78 is 26.3. The number of likely N-dealkylation sites (N-methyl/N-ethyl adjacent to an activating group) is 1. The molecule has 7 heteroatoms. The molecular formula is C12H20ClN3O2S. The van der Waals surface area contributed by atoms with Crippen molar-refractivity contribution >= 4 is 22.4 Å². The van der Waals surface area contributed by atoms with E-state index in [4.69, 9.17) is 0 Å². The van der Waals surface area contributed by atoms with E-state index >= 15 is 0 Å². The minimum atomic E-state index is -3.48. The van der Waals surface area contributed by atoms with E-state index in [1.807, 2.05) is 6.92 Å². The van der Waals surface area contributed by atoms with Crippen LogP contribution in [0.3, 0.4) is 0 Å². The average molecular weight is 306 g/mol. The molecule has 1 aromatic rings. The Morgan fingerprint density at radius 2 is 2.21 bits per heavy atom. The first kappa shape index (κ1) is 16.4. The molecule has 1 atom stereocenters. The summed E-state index contributed by atoms with van der Waals surface area (Å²) in [6, 6.07) is 3.43. The van der Waals surface area contributed by atoms with E-state index in [1.54, 1.807) is 19.2 Å². The summed E-state index contributed by atoms with van der Waals surface area (Å²) in [7, 11) is -1.84. The molecule has 0 bridgehead atoms. The number of rotatable bonds is 3. The zero-order valence-corrected chi connectivity index (χ0v) is 12.8. The first-order chi connectivity index (χ1) is 8.51. The summed E-state index contributed by atoms with van der Waals surface area (Å²) in [5.41, 5.74) is 0.902. The van der Waals surface area contributed by atoms with E-state index in [2.05, 4.69) is 10.3 Å². The molecule has 2 rings (SSSR count). The quantitative estimate of drug-likeness (QED) is 0.911. The Balaban J connectivity index is 0.00000180. The van der Waals surface area contributed by atoms with Gasteiger partial charge in [-0.3, -0.25) is 0 Å². The second-order valence-electron chi connectivity index (χ2n) is 4.69. The average Bonchev–Trinajstić information content (AvgIpc) is 2.39. The lowest BCUT2D eigenvalue weighted by molar-refractivity contribution is 0.299. The van der Waals surface area contributed by atoms with Crippen molar-refractivity contribution in [2.75, 3.05) is 20.1 Å². The van der Waals surface area contributed by atoms with Gasteiger partial charge in [-0.2, -0.15) is 4.31 Å². The van der Waals surface area contributed by atoms with Gasteiger partial charge in [0.05, 0.1) is 0 Å². The highest BCUT2D eigenvalue weighted by Crippen LogP contribution is 2.18. The van der Waals surface area contributed by atoms with Crippen molar-refractivity contribution in [3.05, 3.63) is 23.9 Å². The number of piperidine rings is 1. The molecule has 0 amide bonds. The Morgan fingerprint density at radius 3 is 2.79 bits per heavy atom. The maximum Gasteiger partial charge on any atom is 0.260 e. The van der Waals surface area contributed by atoms with E-state index in [9.17, 15) is 8.42 Å². The van der Waals surface area contributed by atoms with Crippen molar-refractivity contribution in [2.45, 2.75) is 30.8 Å². The molecule has 0 aliphatic carbocycles. The van der Waals surface area contributed by atoms with Gasteiger partial charge in [-0.05, 0) is 44.0 Å². The summed E-state index contributed by atoms with van der Waals surface area (Å²) in [4.78, 5) is 3.98. The summed E-state index contributed by atoms with van der Waals surface area (Å²) >= 11 is 0. The minimum absolute atomic E-state index is 0. The molecular weight excluding hydrogens is 286 g/mol. The highest BCUT2D eigenvalue weighted by atomic mass is 35.5. The van der Waals surface area contributed by atoms with Gasteiger partial charge < -0.3 is 5.32 Å². The van der Waals surface area contributed by atoms with Gasteiger partial charge in [0.1, 0.15) is 0 Å². The highest BCUT2D eigenvalue weighted by Gasteiger charge is 2.29. The third kappa shape index (κ3) is 3.66. The Morgan fingerprint density at radius 1 is 1.47 bits per heavy atom. The minimum Gasteiger partial charge on any atom is -0.315 e. The van der Waals surface area contributed by atoms with Crippen LogP contribution in [0.1, 0.15) is 18.4 Å². The van der Waals surface area contributed by atoms with Crippen LogP contribution in [0.4, 0.5) is 0 Å². The smallest absolute Gasteiger partial charge is 0.260 e. The normalized spacial score (nSPS) is 20.1. The third-order valence-electron chi connectivity index (χ3n) is 3.32. The van der Waals surface area contributed by atoms with Crippen LogP contribution in [0, 0.1) is 6.92 Å². The van der Waals surface area contributed by atoms with Crippen molar-refractivity contribution in [3.8, 4) is 0 Å². The van der Waals surface area contributed by atoms with Crippen LogP contribution < -0.4 is 5.32 Å². The van der Waals surface area contributed by atoms with Crippen molar-refractivity contribution in [1.29, 1.82) is 0 Å². The SMILES string of the molecule is Cc1ccnc(S(=O)(=O)N(C)C2CCCNC2)c1.Cl. The Labute approximate surface area is 120 Å². The molecule has 1 fully saturated rings. The van der Waals surface area contributed by atoms with Crippen molar-refractivity contribution in [2.24, 2.45) is 0 Å². The number of hydrogen-bond acceptors (Lipinski definition) is 4. The van der Waals surface area contributed by atoms with E-state index in [1.165, 1.54) is 10.5 Å². The molecule has 1 saturated heterocycles. The van der Waals surface area contributed by atoms with Gasteiger partial charge in [0.2, 0.25) is 0 Å². The molecule has 0 saturated carbocycles. The monoisotopic (exact) mass is 305 g/mol. The van der Waals surface area contributed by atoms with Crippen LogP contribution in [-0.4, -0.2) is 43.9 Å². The Kier molecular flexibility index (Phi) is 5.73. The molecule has 19 heavy (non-hydrogen) atoms. The summed E-state index contributed by atoms with van der Waals surface area (Å²) in [5.74, 6) is 0. The predicted molar refractivity (Wildman–Crippen MR) is 77.1 cm³/mol. The van der Waals surface area contributed by atoms with Crippen LogP contribution in [-0.2, 0) is 10.0 Å². The summed E-state index contributed by atoms with van der Waals surface area (Å²) in [5, 5.41) is 3.36. The van der Waals surface area contributed by atoms with Crippen LogP contribution in [0.2, 0.25) is 0 Å². The molecule has 1 aromatic heterocycles. The van der Waals surface area contributed by atoms with Gasteiger partial charge in [0.15, 0.2) is 5.03 Å². The van der Waals surface area contributed by atoms with Gasteiger partial charge >= 0.3 is 0 Å². The van der Waals surface area contributed by atoms with Crippen LogP contribution >= 0.6 is 12.4 Å². The number of nitrogens with zero attached hydrogens (tertiary/aromatic N) is 2. The van der Waals surface area contributed by atoms with E-state index in [0.717, 1.165) is 24.9 Å². The molecule has 1 unspecified atom stereocenters. The molecule has 0 spiro atoms. The lowest BCUT2D eigenvalue weighted by Gasteiger charge is -2.30. The lowest BCUT2D eigenvalue weighted by atomic mass is 10.1. The number of pyridine rings is 1. The predicted octanol–water partition coefficient (Wildman–Crippen LogP) is 1.18. The molecule has 0 aromatic carbocycles. The molecule has 1 aliphatic heterocycles. The van der Waals surface area contributed by atoms with Crippen LogP contribution in [0.25, 0.3) is 0 Å². The van der Waals surface area contributed by atoms with Gasteiger partial charge in [0.25, 0.3) is 10.0 Å². The maximum atomic E-state index is 12.4. The van der Waals surface area contributed by atoms with E-state index < -0.39 is 10.0 Å². The molecule has 0 radical (unpaired) electrons. The van der Waals surface area contributed by atoms with Crippen molar-refractivity contribution in [3.63, 3.8) is 0 Å². The molecule has 5 nitrogen and oxygen atoms in total. The summed E-state index contributed by atoms with van der Waals surface area (Å²) in [6.45, 7) is 3.54. The highest BCUT2D eigenvalue weighted by molar-refractivity contribution is 7.89. The second-order valence-corrected chi connectivity index (χ2v) is 6.64. The van der Waals surface area contributed by atoms with Gasteiger partial charge in [0, 0.05) is 25.8 Å². The fraction of sp³-hybridized carbons (Fsp3) is 0.583. The fourth-order valence-electron chi connectivity index (χ4n) is 2.14. The van der Waals surface area contributed by atoms with Crippen LogP contribution in [0.15, 0.2) is 23.4 Å². The lowest BCUT2D eigenvalue weighted by Crippen LogP contribution is -2.46. The zero-order valence-electron chi connectivity index (χ0n) is 11.2. The number of hydrogen-bond donors (Lipinski definition) is 1. The van der Waals surface area contributed by atoms with Gasteiger partial charge in [-0.15, -0.1) is 12.4 Å². The Hall–Kier alpha value is -0.690. The first-order valence-electron chi connectivity index (χ1n) is 6.13. The van der Waals surface area contributed by atoms with Crippen LogP contribution in [0.5, 0.6) is 0 Å². The van der Waals surface area contributed by atoms with Gasteiger partial charge in [-0.1, -0.05) is 0 Å². The molecule has 108 valence electrons. The second kappa shape index (κ2) is 6.65. The molecule has 1 aliphatic rings. The number of sulfonamides is 1. The zero-order chi connectivity index (χ0) is 13.2. The number of aromatic nitrogens is 1. The largest absolute Gasteiger partial charge is 0.315 e. The standard InChI is InChI=1S/C12H19N3O2S.ClH/c1-10-5-7-14-12(8-10)18(16,17)15(2)11-4-3-6-13-9-11;/h5,7-8,11,13H,3-4,6,9H2,1-2H3;1H. The first-order valence-corrected chi connectivity index (χ1v) is 7.57. The van der Waals surface area contributed by atoms with E-state index in [-0.39, 0.29) is 23.5 Å². The Bertz CT molecular complexity index is 515. The van der Waals surface area contributed by atoms with E-state index in [0.29, 0.717) is 6.54 Å². The van der Waals surface area contributed by atoms with Crippen molar-refractivity contribution in [1.82, 2.24) is 14.6 Å². The molecule has 1 N–H and O–H groups in total. The van der Waals surface area contributed by atoms with Gasteiger partial charge in [-0.25, -0.2) is 13.4 Å². The topological polar surface area (TPSA) is 62.3 Å². The third-order valence-corrected chi connectivity index (χ3v) is 5.13. The maximum absolute atomic E-state index is 12.4.